The van der Waals surface area contributed by atoms with Crippen molar-refractivity contribution in [1.82, 2.24) is 20.0 Å². The Labute approximate surface area is 110 Å². The quantitative estimate of drug-likeness (QED) is 0.814. The number of aryl methyl sites for hydroxylation is 2. The molecule has 0 atom stereocenters. The van der Waals surface area contributed by atoms with Crippen LogP contribution in [0.5, 0.6) is 0 Å². The van der Waals surface area contributed by atoms with E-state index in [-0.39, 0.29) is 5.69 Å². The number of nitrogens with zero attached hydrogens (tertiary/aromatic N) is 4. The molecule has 0 unspecified atom stereocenters. The standard InChI is InChI=1S/C12H16N6O/c1-3-9-8(7-18(2)17-9)6-14-11-5-4-10(12(13)19)15-16-11/h4-5,7H,3,6H2,1-2H3,(H2,13,19)(H,14,16). The smallest absolute Gasteiger partial charge is 0.269 e. The minimum atomic E-state index is -0.584. The van der Waals surface area contributed by atoms with Crippen LogP contribution >= 0.6 is 0 Å². The first kappa shape index (κ1) is 13.0. The summed E-state index contributed by atoms with van der Waals surface area (Å²) in [6.07, 6.45) is 2.85. The Morgan fingerprint density at radius 1 is 1.42 bits per heavy atom. The molecule has 7 nitrogen and oxygen atoms in total. The number of hydrogen-bond acceptors (Lipinski definition) is 5. The summed E-state index contributed by atoms with van der Waals surface area (Å²) in [5, 5.41) is 15.1. The van der Waals surface area contributed by atoms with Gasteiger partial charge in [0.1, 0.15) is 5.82 Å². The first-order chi connectivity index (χ1) is 9.10. The van der Waals surface area contributed by atoms with E-state index in [1.54, 1.807) is 16.8 Å². The second-order valence-corrected chi connectivity index (χ2v) is 4.15. The zero-order chi connectivity index (χ0) is 13.8. The molecule has 2 heterocycles. The molecule has 2 aromatic heterocycles. The van der Waals surface area contributed by atoms with Crippen molar-refractivity contribution in [3.05, 3.63) is 35.3 Å². The van der Waals surface area contributed by atoms with Gasteiger partial charge in [-0.05, 0) is 18.6 Å². The Morgan fingerprint density at radius 2 is 2.21 bits per heavy atom. The maximum atomic E-state index is 10.9. The maximum Gasteiger partial charge on any atom is 0.269 e. The van der Waals surface area contributed by atoms with Gasteiger partial charge < -0.3 is 11.1 Å². The van der Waals surface area contributed by atoms with E-state index in [0.717, 1.165) is 17.7 Å². The number of nitrogens with one attached hydrogen (secondary N) is 1. The number of aromatic nitrogens is 4. The third kappa shape index (κ3) is 3.06. The molecule has 0 spiro atoms. The average Bonchev–Trinajstić information content (AvgIpc) is 2.77. The molecule has 0 saturated carbocycles. The monoisotopic (exact) mass is 260 g/mol. The Morgan fingerprint density at radius 3 is 2.79 bits per heavy atom. The van der Waals surface area contributed by atoms with Crippen molar-refractivity contribution in [1.29, 1.82) is 0 Å². The topological polar surface area (TPSA) is 98.7 Å². The molecule has 100 valence electrons. The third-order valence-electron chi connectivity index (χ3n) is 2.70. The number of hydrogen-bond donors (Lipinski definition) is 2. The molecule has 0 fully saturated rings. The molecule has 7 heteroatoms. The number of carbonyl (C=O) groups is 1. The van der Waals surface area contributed by atoms with Gasteiger partial charge in [-0.3, -0.25) is 9.48 Å². The first-order valence-electron chi connectivity index (χ1n) is 5.99. The molecular weight excluding hydrogens is 244 g/mol. The number of anilines is 1. The Hall–Kier alpha value is -2.44. The highest BCUT2D eigenvalue weighted by Gasteiger charge is 2.07. The first-order valence-corrected chi connectivity index (χ1v) is 5.99. The number of primary amides is 1. The van der Waals surface area contributed by atoms with E-state index in [1.165, 1.54) is 0 Å². The third-order valence-corrected chi connectivity index (χ3v) is 2.70. The Bertz CT molecular complexity index is 574. The zero-order valence-corrected chi connectivity index (χ0v) is 10.9. The van der Waals surface area contributed by atoms with Gasteiger partial charge in [0.2, 0.25) is 0 Å². The molecule has 2 aromatic rings. The van der Waals surface area contributed by atoms with Crippen LogP contribution in [0, 0.1) is 0 Å². The predicted molar refractivity (Wildman–Crippen MR) is 70.5 cm³/mol. The number of amides is 1. The van der Waals surface area contributed by atoms with Gasteiger partial charge >= 0.3 is 0 Å². The Balaban J connectivity index is 2.03. The van der Waals surface area contributed by atoms with Gasteiger partial charge in [0.05, 0.1) is 5.69 Å². The molecule has 19 heavy (non-hydrogen) atoms. The van der Waals surface area contributed by atoms with Crippen LogP contribution in [0.2, 0.25) is 0 Å². The fourth-order valence-corrected chi connectivity index (χ4v) is 1.77. The van der Waals surface area contributed by atoms with Crippen molar-refractivity contribution in [2.24, 2.45) is 12.8 Å². The van der Waals surface area contributed by atoms with E-state index < -0.39 is 5.91 Å². The van der Waals surface area contributed by atoms with Crippen LogP contribution in [0.3, 0.4) is 0 Å². The van der Waals surface area contributed by atoms with E-state index in [9.17, 15) is 4.79 Å². The van der Waals surface area contributed by atoms with Crippen molar-refractivity contribution in [2.75, 3.05) is 5.32 Å². The van der Waals surface area contributed by atoms with Crippen LogP contribution in [0.4, 0.5) is 5.82 Å². The van der Waals surface area contributed by atoms with Gasteiger partial charge in [0, 0.05) is 25.4 Å². The van der Waals surface area contributed by atoms with Crippen LogP contribution in [0.25, 0.3) is 0 Å². The highest BCUT2D eigenvalue weighted by molar-refractivity contribution is 5.90. The van der Waals surface area contributed by atoms with Gasteiger partial charge in [0.25, 0.3) is 5.91 Å². The van der Waals surface area contributed by atoms with Crippen molar-refractivity contribution >= 4 is 11.7 Å². The summed E-state index contributed by atoms with van der Waals surface area (Å²) in [5.74, 6) is 0.00971. The van der Waals surface area contributed by atoms with Crippen molar-refractivity contribution < 1.29 is 4.79 Å². The number of nitrogens with two attached hydrogens (primary N) is 1. The summed E-state index contributed by atoms with van der Waals surface area (Å²) < 4.78 is 1.79. The molecule has 0 saturated heterocycles. The predicted octanol–water partition coefficient (Wildman–Crippen LogP) is 0.483. The van der Waals surface area contributed by atoms with E-state index in [1.807, 2.05) is 13.2 Å². The van der Waals surface area contributed by atoms with E-state index in [2.05, 4.69) is 27.5 Å². The van der Waals surface area contributed by atoms with Crippen molar-refractivity contribution in [2.45, 2.75) is 19.9 Å². The molecule has 0 bridgehead atoms. The fourth-order valence-electron chi connectivity index (χ4n) is 1.77. The van der Waals surface area contributed by atoms with Gasteiger partial charge in [-0.15, -0.1) is 10.2 Å². The average molecular weight is 260 g/mol. The van der Waals surface area contributed by atoms with Crippen molar-refractivity contribution in [3.63, 3.8) is 0 Å². The maximum absolute atomic E-state index is 10.9. The lowest BCUT2D eigenvalue weighted by Gasteiger charge is -2.04. The molecular formula is C12H16N6O. The summed E-state index contributed by atoms with van der Waals surface area (Å²) in [7, 11) is 1.89. The van der Waals surface area contributed by atoms with Crippen molar-refractivity contribution in [3.8, 4) is 0 Å². The summed E-state index contributed by atoms with van der Waals surface area (Å²) in [6.45, 7) is 2.68. The largest absolute Gasteiger partial charge is 0.364 e. The summed E-state index contributed by atoms with van der Waals surface area (Å²) in [4.78, 5) is 10.9. The lowest BCUT2D eigenvalue weighted by atomic mass is 10.2. The molecule has 3 N–H and O–H groups in total. The lowest BCUT2D eigenvalue weighted by Crippen LogP contribution is -2.14. The van der Waals surface area contributed by atoms with Gasteiger partial charge in [-0.2, -0.15) is 5.10 Å². The lowest BCUT2D eigenvalue weighted by molar-refractivity contribution is 0.0994. The molecule has 1 amide bonds. The van der Waals surface area contributed by atoms with Crippen LogP contribution in [0.1, 0.15) is 28.7 Å². The number of rotatable bonds is 5. The highest BCUT2D eigenvalue weighted by atomic mass is 16.1. The summed E-state index contributed by atoms with van der Waals surface area (Å²) in [6, 6.07) is 3.22. The van der Waals surface area contributed by atoms with E-state index in [0.29, 0.717) is 12.4 Å². The van der Waals surface area contributed by atoms with Crippen LogP contribution in [-0.4, -0.2) is 25.9 Å². The van der Waals surface area contributed by atoms with Crippen LogP contribution < -0.4 is 11.1 Å². The molecule has 0 aliphatic heterocycles. The fraction of sp³-hybridized carbons (Fsp3) is 0.333. The Kier molecular flexibility index (Phi) is 3.74. The van der Waals surface area contributed by atoms with Crippen LogP contribution in [-0.2, 0) is 20.0 Å². The minimum absolute atomic E-state index is 0.154. The zero-order valence-electron chi connectivity index (χ0n) is 10.9. The summed E-state index contributed by atoms with van der Waals surface area (Å²) in [5.41, 5.74) is 7.42. The molecule has 0 radical (unpaired) electrons. The van der Waals surface area contributed by atoms with Gasteiger partial charge in [-0.1, -0.05) is 6.92 Å². The molecule has 0 aliphatic carbocycles. The second-order valence-electron chi connectivity index (χ2n) is 4.15. The number of carbonyl (C=O) groups excluding carboxylic acids is 1. The molecule has 2 rings (SSSR count). The highest BCUT2D eigenvalue weighted by Crippen LogP contribution is 2.10. The van der Waals surface area contributed by atoms with Crippen LogP contribution in [0.15, 0.2) is 18.3 Å². The van der Waals surface area contributed by atoms with E-state index >= 15 is 0 Å². The SMILES string of the molecule is CCc1nn(C)cc1CNc1ccc(C(N)=O)nn1. The van der Waals surface area contributed by atoms with Gasteiger partial charge in [0.15, 0.2) is 5.69 Å². The molecule has 0 aliphatic rings. The summed E-state index contributed by atoms with van der Waals surface area (Å²) >= 11 is 0. The minimum Gasteiger partial charge on any atom is -0.364 e. The normalized spacial score (nSPS) is 10.4. The second kappa shape index (κ2) is 5.47. The van der Waals surface area contributed by atoms with Gasteiger partial charge in [-0.25, -0.2) is 0 Å². The molecule has 0 aromatic carbocycles. The van der Waals surface area contributed by atoms with E-state index in [4.69, 9.17) is 5.73 Å².